The maximum absolute atomic E-state index is 12.2. The summed E-state index contributed by atoms with van der Waals surface area (Å²) in [5, 5.41) is 0. The van der Waals surface area contributed by atoms with Gasteiger partial charge in [0.25, 0.3) is 5.91 Å². The monoisotopic (exact) mass is 403 g/mol. The highest BCUT2D eigenvalue weighted by atomic mass is 79.9. The van der Waals surface area contributed by atoms with E-state index in [2.05, 4.69) is 15.9 Å². The van der Waals surface area contributed by atoms with Crippen molar-refractivity contribution in [3.8, 4) is 5.75 Å². The van der Waals surface area contributed by atoms with Crippen molar-refractivity contribution in [1.82, 2.24) is 4.90 Å². The number of benzene rings is 1. The van der Waals surface area contributed by atoms with Crippen LogP contribution >= 0.6 is 28.3 Å². The first-order valence-electron chi connectivity index (χ1n) is 7.30. The first kappa shape index (κ1) is 18.0. The fraction of sp³-hybridized carbons (Fsp3) is 0.467. The lowest BCUT2D eigenvalue weighted by Crippen LogP contribution is -2.41. The van der Waals surface area contributed by atoms with Crippen molar-refractivity contribution in [3.05, 3.63) is 22.7 Å². The van der Waals surface area contributed by atoms with E-state index in [-0.39, 0.29) is 36.9 Å². The van der Waals surface area contributed by atoms with Gasteiger partial charge in [-0.1, -0.05) is 15.9 Å². The molecule has 1 atom stereocenters. The van der Waals surface area contributed by atoms with Crippen LogP contribution in [-0.4, -0.2) is 49.0 Å². The summed E-state index contributed by atoms with van der Waals surface area (Å²) in [5.41, 5.74) is 6.54. The SMILES string of the molecule is Cl.N[C@H]1CCN(C(=O)CCN2C(=O)COc3cc(Br)ccc32)C1. The van der Waals surface area contributed by atoms with E-state index in [4.69, 9.17) is 10.5 Å². The highest BCUT2D eigenvalue weighted by Gasteiger charge is 2.28. The smallest absolute Gasteiger partial charge is 0.265 e. The van der Waals surface area contributed by atoms with E-state index in [1.54, 1.807) is 9.80 Å². The zero-order chi connectivity index (χ0) is 15.7. The number of nitrogens with zero attached hydrogens (tertiary/aromatic N) is 2. The predicted octanol–water partition coefficient (Wildman–Crippen LogP) is 1.55. The number of carbonyl (C=O) groups is 2. The number of nitrogens with two attached hydrogens (primary N) is 1. The Morgan fingerprint density at radius 1 is 1.43 bits per heavy atom. The molecule has 0 aromatic heterocycles. The molecule has 0 spiro atoms. The van der Waals surface area contributed by atoms with E-state index in [1.807, 2.05) is 18.2 Å². The van der Waals surface area contributed by atoms with Crippen molar-refractivity contribution in [2.75, 3.05) is 31.1 Å². The van der Waals surface area contributed by atoms with Gasteiger partial charge in [0.2, 0.25) is 5.91 Å². The van der Waals surface area contributed by atoms with Crippen LogP contribution in [0.3, 0.4) is 0 Å². The van der Waals surface area contributed by atoms with Crippen LogP contribution in [0.15, 0.2) is 22.7 Å². The second-order valence-electron chi connectivity index (χ2n) is 5.58. The van der Waals surface area contributed by atoms with Crippen LogP contribution in [0, 0.1) is 0 Å². The molecule has 1 fully saturated rings. The number of carbonyl (C=O) groups excluding carboxylic acids is 2. The van der Waals surface area contributed by atoms with Gasteiger partial charge in [0.15, 0.2) is 6.61 Å². The van der Waals surface area contributed by atoms with Crippen LogP contribution in [0.1, 0.15) is 12.8 Å². The molecule has 0 aliphatic carbocycles. The summed E-state index contributed by atoms with van der Waals surface area (Å²) in [5.74, 6) is 0.580. The van der Waals surface area contributed by atoms with Crippen LogP contribution in [0.5, 0.6) is 5.75 Å². The number of likely N-dealkylation sites (tertiary alicyclic amines) is 1. The Hall–Kier alpha value is -1.31. The summed E-state index contributed by atoms with van der Waals surface area (Å²) < 4.78 is 6.33. The molecule has 2 aliphatic rings. The Balaban J connectivity index is 0.00000192. The Morgan fingerprint density at radius 2 is 2.22 bits per heavy atom. The molecule has 2 aliphatic heterocycles. The van der Waals surface area contributed by atoms with Gasteiger partial charge < -0.3 is 20.3 Å². The standard InChI is InChI=1S/C15H18BrN3O3.ClH/c16-10-1-2-12-13(7-10)22-9-15(21)19(12)6-4-14(20)18-5-3-11(17)8-18;/h1-2,7,11H,3-6,8-9,17H2;1H/t11-;/m0./s1. The third-order valence-electron chi connectivity index (χ3n) is 3.99. The Morgan fingerprint density at radius 3 is 2.91 bits per heavy atom. The van der Waals surface area contributed by atoms with Gasteiger partial charge in [0, 0.05) is 36.6 Å². The minimum atomic E-state index is -0.124. The van der Waals surface area contributed by atoms with Crippen LogP contribution in [-0.2, 0) is 9.59 Å². The summed E-state index contributed by atoms with van der Waals surface area (Å²) >= 11 is 3.38. The lowest BCUT2D eigenvalue weighted by atomic mass is 10.2. The summed E-state index contributed by atoms with van der Waals surface area (Å²) in [6, 6.07) is 5.59. The number of hydrogen-bond acceptors (Lipinski definition) is 4. The first-order valence-corrected chi connectivity index (χ1v) is 8.10. The van der Waals surface area contributed by atoms with Crippen LogP contribution in [0.2, 0.25) is 0 Å². The molecule has 1 aromatic rings. The summed E-state index contributed by atoms with van der Waals surface area (Å²) in [4.78, 5) is 27.7. The van der Waals surface area contributed by atoms with E-state index in [0.717, 1.165) is 10.9 Å². The average molecular weight is 405 g/mol. The maximum Gasteiger partial charge on any atom is 0.265 e. The van der Waals surface area contributed by atoms with Gasteiger partial charge in [-0.2, -0.15) is 0 Å². The highest BCUT2D eigenvalue weighted by molar-refractivity contribution is 9.10. The van der Waals surface area contributed by atoms with Crippen molar-refractivity contribution in [3.63, 3.8) is 0 Å². The van der Waals surface area contributed by atoms with Crippen molar-refractivity contribution in [2.45, 2.75) is 18.9 Å². The number of amides is 2. The minimum Gasteiger partial charge on any atom is -0.482 e. The summed E-state index contributed by atoms with van der Waals surface area (Å²) in [6.07, 6.45) is 1.15. The second kappa shape index (κ2) is 7.51. The van der Waals surface area contributed by atoms with Gasteiger partial charge in [-0.15, -0.1) is 12.4 Å². The molecular formula is C15H19BrClN3O3. The Bertz CT molecular complexity index is 614. The third kappa shape index (κ3) is 3.97. The number of halogens is 2. The van der Waals surface area contributed by atoms with Crippen LogP contribution in [0.4, 0.5) is 5.69 Å². The number of ether oxygens (including phenoxy) is 1. The molecule has 1 saturated heterocycles. The molecule has 23 heavy (non-hydrogen) atoms. The third-order valence-corrected chi connectivity index (χ3v) is 4.48. The predicted molar refractivity (Wildman–Crippen MR) is 93.0 cm³/mol. The summed E-state index contributed by atoms with van der Waals surface area (Å²) in [6.45, 7) is 1.69. The molecule has 3 rings (SSSR count). The normalized spacial score (nSPS) is 19.9. The van der Waals surface area contributed by atoms with Crippen molar-refractivity contribution >= 4 is 45.8 Å². The fourth-order valence-electron chi connectivity index (χ4n) is 2.80. The zero-order valence-electron chi connectivity index (χ0n) is 12.5. The number of anilines is 1. The van der Waals surface area contributed by atoms with Gasteiger partial charge in [-0.25, -0.2) is 0 Å². The largest absolute Gasteiger partial charge is 0.482 e. The van der Waals surface area contributed by atoms with Gasteiger partial charge in [0.05, 0.1) is 5.69 Å². The molecule has 0 radical (unpaired) electrons. The molecule has 8 heteroatoms. The highest BCUT2D eigenvalue weighted by Crippen LogP contribution is 2.34. The Kier molecular flexibility index (Phi) is 5.89. The topological polar surface area (TPSA) is 75.9 Å². The van der Waals surface area contributed by atoms with E-state index < -0.39 is 0 Å². The van der Waals surface area contributed by atoms with Crippen molar-refractivity contribution in [1.29, 1.82) is 0 Å². The van der Waals surface area contributed by atoms with Crippen molar-refractivity contribution < 1.29 is 14.3 Å². The zero-order valence-corrected chi connectivity index (χ0v) is 14.9. The summed E-state index contributed by atoms with van der Waals surface area (Å²) in [7, 11) is 0. The molecule has 0 unspecified atom stereocenters. The fourth-order valence-corrected chi connectivity index (χ4v) is 3.14. The number of hydrogen-bond donors (Lipinski definition) is 1. The molecule has 6 nitrogen and oxygen atoms in total. The van der Waals surface area contributed by atoms with Crippen molar-refractivity contribution in [2.24, 2.45) is 5.73 Å². The van der Waals surface area contributed by atoms with Gasteiger partial charge in [-0.3, -0.25) is 9.59 Å². The number of fused-ring (bicyclic) bond motifs is 1. The quantitative estimate of drug-likeness (QED) is 0.829. The van der Waals surface area contributed by atoms with Crippen LogP contribution < -0.4 is 15.4 Å². The molecule has 2 N–H and O–H groups in total. The molecule has 126 valence electrons. The van der Waals surface area contributed by atoms with E-state index >= 15 is 0 Å². The van der Waals surface area contributed by atoms with Gasteiger partial charge in [0.1, 0.15) is 5.75 Å². The average Bonchev–Trinajstić information content (AvgIpc) is 2.93. The minimum absolute atomic E-state index is 0. The molecule has 0 saturated carbocycles. The second-order valence-corrected chi connectivity index (χ2v) is 6.50. The molecule has 2 amide bonds. The molecule has 2 heterocycles. The van der Waals surface area contributed by atoms with E-state index in [1.165, 1.54) is 0 Å². The number of rotatable bonds is 3. The van der Waals surface area contributed by atoms with Gasteiger partial charge >= 0.3 is 0 Å². The molecule has 1 aromatic carbocycles. The van der Waals surface area contributed by atoms with Crippen LogP contribution in [0.25, 0.3) is 0 Å². The molecule has 0 bridgehead atoms. The lowest BCUT2D eigenvalue weighted by Gasteiger charge is -2.29. The lowest BCUT2D eigenvalue weighted by molar-refractivity contribution is -0.130. The van der Waals surface area contributed by atoms with E-state index in [0.29, 0.717) is 37.5 Å². The molecular weight excluding hydrogens is 386 g/mol. The maximum atomic E-state index is 12.2. The van der Waals surface area contributed by atoms with E-state index in [9.17, 15) is 9.59 Å². The first-order chi connectivity index (χ1) is 10.5. The Labute approximate surface area is 149 Å². The van der Waals surface area contributed by atoms with Gasteiger partial charge in [-0.05, 0) is 24.6 Å².